The molecule has 2 rings (SSSR count). The second kappa shape index (κ2) is 5.55. The molecule has 1 saturated heterocycles. The van der Waals surface area contributed by atoms with Gasteiger partial charge in [-0.3, -0.25) is 10.1 Å². The summed E-state index contributed by atoms with van der Waals surface area (Å²) < 4.78 is 5.36. The van der Waals surface area contributed by atoms with Crippen molar-refractivity contribution in [2.75, 3.05) is 26.8 Å². The third kappa shape index (κ3) is 3.43. The van der Waals surface area contributed by atoms with Crippen LogP contribution in [-0.4, -0.2) is 60.4 Å². The number of nitrogens with zero attached hydrogens (tertiary/aromatic N) is 1. The van der Waals surface area contributed by atoms with Crippen LogP contribution in [0, 0.1) is 0 Å². The maximum Gasteiger partial charge on any atom is 0.323 e. The van der Waals surface area contributed by atoms with Crippen molar-refractivity contribution in [1.29, 1.82) is 0 Å². The van der Waals surface area contributed by atoms with Crippen molar-refractivity contribution >= 4 is 5.97 Å². The van der Waals surface area contributed by atoms with E-state index < -0.39 is 11.5 Å². The third-order valence-corrected chi connectivity index (χ3v) is 4.07. The Kier molecular flexibility index (Phi) is 4.25. The minimum absolute atomic E-state index is 0.409. The first-order chi connectivity index (χ1) is 8.51. The molecule has 1 aliphatic carbocycles. The van der Waals surface area contributed by atoms with Gasteiger partial charge in [0.1, 0.15) is 5.54 Å². The van der Waals surface area contributed by atoms with Gasteiger partial charge in [-0.2, -0.15) is 0 Å². The molecule has 104 valence electrons. The van der Waals surface area contributed by atoms with Crippen molar-refractivity contribution < 1.29 is 14.6 Å². The number of carbonyl (C=O) groups is 1. The minimum atomic E-state index is -0.797. The molecule has 5 nitrogen and oxygen atoms in total. The SMILES string of the molecule is CN(CCC(C)(NC1CC1)C(=O)O)C1CCOC1. The standard InChI is InChI=1S/C13H24N2O3/c1-13(12(16)17,14-10-3-4-10)6-7-15(2)11-5-8-18-9-11/h10-11,14H,3-9H2,1-2H3,(H,16,17). The lowest BCUT2D eigenvalue weighted by Crippen LogP contribution is -2.52. The summed E-state index contributed by atoms with van der Waals surface area (Å²) in [5.41, 5.74) is -0.797. The zero-order chi connectivity index (χ0) is 13.2. The number of hydrogen-bond acceptors (Lipinski definition) is 4. The number of nitrogens with one attached hydrogen (secondary N) is 1. The average Bonchev–Trinajstić information content (AvgIpc) is 2.96. The van der Waals surface area contributed by atoms with Gasteiger partial charge in [0, 0.05) is 25.2 Å². The Balaban J connectivity index is 1.82. The summed E-state index contributed by atoms with van der Waals surface area (Å²) in [6.45, 7) is 4.19. The summed E-state index contributed by atoms with van der Waals surface area (Å²) in [5, 5.41) is 12.6. The maximum absolute atomic E-state index is 11.4. The maximum atomic E-state index is 11.4. The first kappa shape index (κ1) is 13.8. The first-order valence-electron chi connectivity index (χ1n) is 6.80. The lowest BCUT2D eigenvalue weighted by Gasteiger charge is -2.30. The highest BCUT2D eigenvalue weighted by Crippen LogP contribution is 2.24. The van der Waals surface area contributed by atoms with Crippen LogP contribution in [0.15, 0.2) is 0 Å². The Morgan fingerprint density at radius 2 is 2.22 bits per heavy atom. The van der Waals surface area contributed by atoms with E-state index in [0.29, 0.717) is 18.5 Å². The zero-order valence-corrected chi connectivity index (χ0v) is 11.3. The highest BCUT2D eigenvalue weighted by atomic mass is 16.5. The molecule has 18 heavy (non-hydrogen) atoms. The van der Waals surface area contributed by atoms with Gasteiger partial charge in [0.15, 0.2) is 0 Å². The molecule has 1 aliphatic heterocycles. The van der Waals surface area contributed by atoms with E-state index in [2.05, 4.69) is 17.3 Å². The largest absolute Gasteiger partial charge is 0.480 e. The molecule has 0 aromatic heterocycles. The molecular formula is C13H24N2O3. The van der Waals surface area contributed by atoms with Crippen molar-refractivity contribution in [1.82, 2.24) is 10.2 Å². The van der Waals surface area contributed by atoms with Gasteiger partial charge >= 0.3 is 5.97 Å². The molecule has 0 radical (unpaired) electrons. The van der Waals surface area contributed by atoms with Crippen LogP contribution in [0.5, 0.6) is 0 Å². The first-order valence-corrected chi connectivity index (χ1v) is 6.80. The Hall–Kier alpha value is -0.650. The van der Waals surface area contributed by atoms with Gasteiger partial charge in [0.25, 0.3) is 0 Å². The molecule has 0 amide bonds. The quantitative estimate of drug-likeness (QED) is 0.702. The number of rotatable bonds is 7. The molecule has 0 spiro atoms. The third-order valence-electron chi connectivity index (χ3n) is 4.07. The van der Waals surface area contributed by atoms with Crippen molar-refractivity contribution in [3.8, 4) is 0 Å². The van der Waals surface area contributed by atoms with Gasteiger partial charge in [0.05, 0.1) is 6.61 Å². The van der Waals surface area contributed by atoms with E-state index in [0.717, 1.165) is 39.0 Å². The predicted molar refractivity (Wildman–Crippen MR) is 68.7 cm³/mol. The van der Waals surface area contributed by atoms with E-state index in [1.165, 1.54) is 0 Å². The zero-order valence-electron chi connectivity index (χ0n) is 11.3. The number of likely N-dealkylation sites (N-methyl/N-ethyl adjacent to an activating group) is 1. The molecule has 2 N–H and O–H groups in total. The van der Waals surface area contributed by atoms with Crippen molar-refractivity contribution in [3.05, 3.63) is 0 Å². The summed E-state index contributed by atoms with van der Waals surface area (Å²) in [5.74, 6) is -0.745. The fourth-order valence-corrected chi connectivity index (χ4v) is 2.37. The predicted octanol–water partition coefficient (Wildman–Crippen LogP) is 0.693. The topological polar surface area (TPSA) is 61.8 Å². The molecule has 5 heteroatoms. The van der Waals surface area contributed by atoms with Crippen LogP contribution >= 0.6 is 0 Å². The van der Waals surface area contributed by atoms with Crippen LogP contribution < -0.4 is 5.32 Å². The smallest absolute Gasteiger partial charge is 0.323 e. The van der Waals surface area contributed by atoms with Crippen LogP contribution in [0.25, 0.3) is 0 Å². The Bertz CT molecular complexity index is 301. The van der Waals surface area contributed by atoms with Gasteiger partial charge < -0.3 is 14.7 Å². The molecule has 0 aromatic rings. The van der Waals surface area contributed by atoms with E-state index in [1.807, 2.05) is 0 Å². The molecule has 1 saturated carbocycles. The lowest BCUT2D eigenvalue weighted by molar-refractivity contribution is -0.144. The molecule has 2 unspecified atom stereocenters. The molecule has 0 aromatic carbocycles. The molecule has 2 fully saturated rings. The molecule has 2 atom stereocenters. The van der Waals surface area contributed by atoms with Crippen molar-refractivity contribution in [2.45, 2.75) is 50.2 Å². The van der Waals surface area contributed by atoms with E-state index >= 15 is 0 Å². The van der Waals surface area contributed by atoms with Gasteiger partial charge in [-0.15, -0.1) is 0 Å². The van der Waals surface area contributed by atoms with Gasteiger partial charge in [-0.25, -0.2) is 0 Å². The highest BCUT2D eigenvalue weighted by Gasteiger charge is 2.38. The number of ether oxygens (including phenoxy) is 1. The summed E-state index contributed by atoms with van der Waals surface area (Å²) in [6, 6.07) is 0.857. The number of carboxylic acids is 1. The molecule has 1 heterocycles. The monoisotopic (exact) mass is 256 g/mol. The van der Waals surface area contributed by atoms with Gasteiger partial charge in [-0.05, 0) is 39.7 Å². The number of carboxylic acid groups (broad SMARTS) is 1. The van der Waals surface area contributed by atoms with Crippen molar-refractivity contribution in [2.24, 2.45) is 0 Å². The van der Waals surface area contributed by atoms with E-state index in [1.54, 1.807) is 6.92 Å². The second-order valence-electron chi connectivity index (χ2n) is 5.80. The van der Waals surface area contributed by atoms with Crippen LogP contribution in [0.1, 0.15) is 32.6 Å². The Morgan fingerprint density at radius 3 is 2.72 bits per heavy atom. The van der Waals surface area contributed by atoms with E-state index in [-0.39, 0.29) is 0 Å². The van der Waals surface area contributed by atoms with Crippen molar-refractivity contribution in [3.63, 3.8) is 0 Å². The summed E-state index contributed by atoms with van der Waals surface area (Å²) >= 11 is 0. The summed E-state index contributed by atoms with van der Waals surface area (Å²) in [6.07, 6.45) is 3.90. The summed E-state index contributed by atoms with van der Waals surface area (Å²) in [4.78, 5) is 13.6. The van der Waals surface area contributed by atoms with Crippen LogP contribution in [-0.2, 0) is 9.53 Å². The fourth-order valence-electron chi connectivity index (χ4n) is 2.37. The van der Waals surface area contributed by atoms with Crippen LogP contribution in [0.2, 0.25) is 0 Å². The molecular weight excluding hydrogens is 232 g/mol. The minimum Gasteiger partial charge on any atom is -0.480 e. The van der Waals surface area contributed by atoms with Crippen LogP contribution in [0.4, 0.5) is 0 Å². The number of aliphatic carboxylic acids is 1. The second-order valence-corrected chi connectivity index (χ2v) is 5.80. The van der Waals surface area contributed by atoms with E-state index in [4.69, 9.17) is 4.74 Å². The van der Waals surface area contributed by atoms with Gasteiger partial charge in [0.2, 0.25) is 0 Å². The van der Waals surface area contributed by atoms with Gasteiger partial charge in [-0.1, -0.05) is 0 Å². The Labute approximate surface area is 108 Å². The molecule has 2 aliphatic rings. The summed E-state index contributed by atoms with van der Waals surface area (Å²) in [7, 11) is 2.05. The normalized spacial score (nSPS) is 27.4. The fraction of sp³-hybridized carbons (Fsp3) is 0.923. The average molecular weight is 256 g/mol. The van der Waals surface area contributed by atoms with E-state index in [9.17, 15) is 9.90 Å². The number of hydrogen-bond donors (Lipinski definition) is 2. The lowest BCUT2D eigenvalue weighted by atomic mass is 9.97. The molecule has 0 bridgehead atoms. The van der Waals surface area contributed by atoms with Crippen LogP contribution in [0.3, 0.4) is 0 Å². The Morgan fingerprint density at radius 1 is 1.50 bits per heavy atom. The highest BCUT2D eigenvalue weighted by molar-refractivity contribution is 5.78.